The van der Waals surface area contributed by atoms with Crippen LogP contribution in [0.5, 0.6) is 0 Å². The van der Waals surface area contributed by atoms with Gasteiger partial charge in [0.2, 0.25) is 0 Å². The second kappa shape index (κ2) is 8.63. The zero-order valence-electron chi connectivity index (χ0n) is 10.7. The summed E-state index contributed by atoms with van der Waals surface area (Å²) in [4.78, 5) is 0. The SMILES string of the molecule is C=COCCCNC1CCCC(CC)CC1. The van der Waals surface area contributed by atoms with E-state index in [0.29, 0.717) is 0 Å². The second-order valence-electron chi connectivity index (χ2n) is 4.82. The Morgan fingerprint density at radius 2 is 2.19 bits per heavy atom. The van der Waals surface area contributed by atoms with Gasteiger partial charge in [-0.25, -0.2) is 0 Å². The molecule has 1 fully saturated rings. The van der Waals surface area contributed by atoms with Crippen molar-refractivity contribution in [3.8, 4) is 0 Å². The number of hydrogen-bond acceptors (Lipinski definition) is 2. The van der Waals surface area contributed by atoms with Crippen molar-refractivity contribution in [1.29, 1.82) is 0 Å². The van der Waals surface area contributed by atoms with Gasteiger partial charge < -0.3 is 10.1 Å². The van der Waals surface area contributed by atoms with Crippen molar-refractivity contribution in [2.24, 2.45) is 5.92 Å². The lowest BCUT2D eigenvalue weighted by Crippen LogP contribution is -2.29. The van der Waals surface area contributed by atoms with E-state index >= 15 is 0 Å². The summed E-state index contributed by atoms with van der Waals surface area (Å²) in [5.74, 6) is 0.982. The van der Waals surface area contributed by atoms with Gasteiger partial charge in [0.15, 0.2) is 0 Å². The summed E-state index contributed by atoms with van der Waals surface area (Å²) in [5.41, 5.74) is 0. The van der Waals surface area contributed by atoms with Crippen molar-refractivity contribution in [3.63, 3.8) is 0 Å². The number of nitrogens with one attached hydrogen (secondary N) is 1. The Bertz CT molecular complexity index is 182. The monoisotopic (exact) mass is 225 g/mol. The fourth-order valence-electron chi connectivity index (χ4n) is 2.54. The van der Waals surface area contributed by atoms with E-state index in [0.717, 1.165) is 31.5 Å². The first kappa shape index (κ1) is 13.6. The topological polar surface area (TPSA) is 21.3 Å². The lowest BCUT2D eigenvalue weighted by atomic mass is 9.98. The standard InChI is InChI=1S/C14H27NO/c1-3-13-7-5-8-14(10-9-13)15-11-6-12-16-4-2/h4,13-15H,2-3,5-12H2,1H3. The van der Waals surface area contributed by atoms with E-state index in [4.69, 9.17) is 4.74 Å². The molecule has 1 saturated carbocycles. The molecule has 0 bridgehead atoms. The van der Waals surface area contributed by atoms with E-state index in [2.05, 4.69) is 18.8 Å². The Kier molecular flexibility index (Phi) is 7.32. The third-order valence-corrected chi connectivity index (χ3v) is 3.66. The molecule has 0 heterocycles. The van der Waals surface area contributed by atoms with E-state index in [-0.39, 0.29) is 0 Å². The molecule has 16 heavy (non-hydrogen) atoms. The van der Waals surface area contributed by atoms with Crippen molar-refractivity contribution < 1.29 is 4.74 Å². The molecule has 2 unspecified atom stereocenters. The van der Waals surface area contributed by atoms with Gasteiger partial charge in [-0.05, 0) is 38.1 Å². The third-order valence-electron chi connectivity index (χ3n) is 3.66. The molecule has 2 heteroatoms. The Morgan fingerprint density at radius 1 is 1.31 bits per heavy atom. The van der Waals surface area contributed by atoms with Crippen LogP contribution in [-0.2, 0) is 4.74 Å². The van der Waals surface area contributed by atoms with E-state index in [9.17, 15) is 0 Å². The maximum atomic E-state index is 5.11. The van der Waals surface area contributed by atoms with Gasteiger partial charge in [-0.2, -0.15) is 0 Å². The van der Waals surface area contributed by atoms with Crippen LogP contribution < -0.4 is 5.32 Å². The zero-order chi connectivity index (χ0) is 11.6. The van der Waals surface area contributed by atoms with Gasteiger partial charge in [0.05, 0.1) is 12.9 Å². The maximum absolute atomic E-state index is 5.11. The molecule has 0 aromatic carbocycles. The smallest absolute Gasteiger partial charge is 0.0885 e. The van der Waals surface area contributed by atoms with Gasteiger partial charge in [-0.1, -0.05) is 32.8 Å². The number of hydrogen-bond donors (Lipinski definition) is 1. The van der Waals surface area contributed by atoms with E-state index in [1.165, 1.54) is 44.8 Å². The number of ether oxygens (including phenoxy) is 1. The minimum atomic E-state index is 0.750. The highest BCUT2D eigenvalue weighted by Gasteiger charge is 2.16. The highest BCUT2D eigenvalue weighted by atomic mass is 16.5. The van der Waals surface area contributed by atoms with Crippen molar-refractivity contribution in [3.05, 3.63) is 12.8 Å². The molecule has 0 saturated heterocycles. The second-order valence-corrected chi connectivity index (χ2v) is 4.82. The van der Waals surface area contributed by atoms with Gasteiger partial charge in [-0.15, -0.1) is 0 Å². The molecule has 1 aliphatic rings. The van der Waals surface area contributed by atoms with E-state index in [1.54, 1.807) is 0 Å². The minimum Gasteiger partial charge on any atom is -0.502 e. The van der Waals surface area contributed by atoms with Crippen molar-refractivity contribution >= 4 is 0 Å². The Hall–Kier alpha value is -0.500. The van der Waals surface area contributed by atoms with E-state index < -0.39 is 0 Å². The van der Waals surface area contributed by atoms with Crippen LogP contribution in [-0.4, -0.2) is 19.2 Å². The van der Waals surface area contributed by atoms with Crippen LogP contribution in [0.25, 0.3) is 0 Å². The van der Waals surface area contributed by atoms with Gasteiger partial charge in [0.25, 0.3) is 0 Å². The summed E-state index contributed by atoms with van der Waals surface area (Å²) >= 11 is 0. The molecule has 0 spiro atoms. The summed E-state index contributed by atoms with van der Waals surface area (Å²) in [6.07, 6.45) is 10.9. The molecule has 1 rings (SSSR count). The highest BCUT2D eigenvalue weighted by molar-refractivity contribution is 4.74. The first-order valence-corrected chi connectivity index (χ1v) is 6.82. The Balaban J connectivity index is 2.05. The lowest BCUT2D eigenvalue weighted by molar-refractivity contribution is 0.242. The van der Waals surface area contributed by atoms with Gasteiger partial charge in [0.1, 0.15) is 0 Å². The van der Waals surface area contributed by atoms with Crippen LogP contribution in [0.15, 0.2) is 12.8 Å². The van der Waals surface area contributed by atoms with Crippen LogP contribution in [0.1, 0.15) is 51.9 Å². The molecule has 0 aromatic heterocycles. The molecule has 0 amide bonds. The van der Waals surface area contributed by atoms with Crippen LogP contribution >= 0.6 is 0 Å². The van der Waals surface area contributed by atoms with Crippen LogP contribution in [0.4, 0.5) is 0 Å². The van der Waals surface area contributed by atoms with Crippen molar-refractivity contribution in [2.75, 3.05) is 13.2 Å². The van der Waals surface area contributed by atoms with Crippen molar-refractivity contribution in [2.45, 2.75) is 57.9 Å². The predicted octanol–water partition coefficient (Wildman–Crippen LogP) is 3.49. The molecule has 2 nitrogen and oxygen atoms in total. The first-order chi connectivity index (χ1) is 7.86. The molecule has 1 aliphatic carbocycles. The Morgan fingerprint density at radius 3 is 2.94 bits per heavy atom. The summed E-state index contributed by atoms with van der Waals surface area (Å²) < 4.78 is 5.11. The quantitative estimate of drug-likeness (QED) is 0.407. The zero-order valence-corrected chi connectivity index (χ0v) is 10.7. The molecule has 0 aromatic rings. The van der Waals surface area contributed by atoms with Gasteiger partial charge >= 0.3 is 0 Å². The first-order valence-electron chi connectivity index (χ1n) is 6.82. The van der Waals surface area contributed by atoms with E-state index in [1.807, 2.05) is 0 Å². The summed E-state index contributed by atoms with van der Waals surface area (Å²) in [6.45, 7) is 7.73. The van der Waals surface area contributed by atoms with Gasteiger partial charge in [0, 0.05) is 6.04 Å². The molecular formula is C14H27NO. The fourth-order valence-corrected chi connectivity index (χ4v) is 2.54. The summed E-state index contributed by atoms with van der Waals surface area (Å²) in [7, 11) is 0. The minimum absolute atomic E-state index is 0.750. The number of rotatable bonds is 7. The van der Waals surface area contributed by atoms with Crippen LogP contribution in [0.2, 0.25) is 0 Å². The molecule has 2 atom stereocenters. The molecule has 94 valence electrons. The average Bonchev–Trinajstić information content (AvgIpc) is 2.54. The lowest BCUT2D eigenvalue weighted by Gasteiger charge is -2.16. The Labute approximate surface area is 100 Å². The largest absolute Gasteiger partial charge is 0.502 e. The van der Waals surface area contributed by atoms with Crippen molar-refractivity contribution in [1.82, 2.24) is 5.32 Å². The molecule has 0 aliphatic heterocycles. The van der Waals surface area contributed by atoms with Crippen LogP contribution in [0, 0.1) is 5.92 Å². The normalized spacial score (nSPS) is 26.1. The van der Waals surface area contributed by atoms with Gasteiger partial charge in [-0.3, -0.25) is 0 Å². The molecule has 0 radical (unpaired) electrons. The average molecular weight is 225 g/mol. The fraction of sp³-hybridized carbons (Fsp3) is 0.857. The third kappa shape index (κ3) is 5.55. The summed E-state index contributed by atoms with van der Waals surface area (Å²) in [5, 5.41) is 3.65. The highest BCUT2D eigenvalue weighted by Crippen LogP contribution is 2.25. The maximum Gasteiger partial charge on any atom is 0.0885 e. The summed E-state index contributed by atoms with van der Waals surface area (Å²) in [6, 6.07) is 0.750. The molecular weight excluding hydrogens is 198 g/mol. The predicted molar refractivity (Wildman–Crippen MR) is 69.4 cm³/mol. The molecule has 1 N–H and O–H groups in total. The van der Waals surface area contributed by atoms with Crippen LogP contribution in [0.3, 0.4) is 0 Å².